The first-order chi connectivity index (χ1) is 8.40. The molecule has 0 saturated heterocycles. The Hall–Kier alpha value is -2.47. The first kappa shape index (κ1) is 9.73. The molecule has 0 aliphatic carbocycles. The Morgan fingerprint density at radius 2 is 1.88 bits per heavy atom. The van der Waals surface area contributed by atoms with E-state index in [1.807, 2.05) is 30.3 Å². The second kappa shape index (κ2) is 3.84. The molecular formula is C14H9N3. The van der Waals surface area contributed by atoms with Gasteiger partial charge in [0.15, 0.2) is 0 Å². The highest BCUT2D eigenvalue weighted by Crippen LogP contribution is 2.24. The van der Waals surface area contributed by atoms with Crippen molar-refractivity contribution in [2.75, 3.05) is 0 Å². The lowest BCUT2D eigenvalue weighted by molar-refractivity contribution is 1.26. The molecule has 0 bridgehead atoms. The zero-order chi connectivity index (χ0) is 11.7. The maximum atomic E-state index is 8.81. The van der Waals surface area contributed by atoms with Gasteiger partial charge in [0.25, 0.3) is 0 Å². The topological polar surface area (TPSA) is 49.6 Å². The summed E-state index contributed by atoms with van der Waals surface area (Å²) < 4.78 is 0. The van der Waals surface area contributed by atoms with Crippen LogP contribution in [0.25, 0.3) is 21.8 Å². The fourth-order valence-electron chi connectivity index (χ4n) is 2.05. The highest BCUT2D eigenvalue weighted by atomic mass is 14.7. The molecular weight excluding hydrogens is 210 g/mol. The normalized spacial score (nSPS) is 10.5. The van der Waals surface area contributed by atoms with E-state index >= 15 is 0 Å². The minimum absolute atomic E-state index is 0.400. The van der Waals surface area contributed by atoms with E-state index in [1.165, 1.54) is 0 Å². The van der Waals surface area contributed by atoms with Crippen molar-refractivity contribution >= 4 is 21.8 Å². The third-order valence-corrected chi connectivity index (χ3v) is 2.84. The molecule has 2 heterocycles. The molecule has 0 N–H and O–H groups in total. The van der Waals surface area contributed by atoms with Crippen LogP contribution in [-0.2, 0) is 6.42 Å². The molecule has 0 saturated carbocycles. The molecule has 2 aromatic heterocycles. The maximum Gasteiger partial charge on any atom is 0.0967 e. The van der Waals surface area contributed by atoms with Crippen molar-refractivity contribution in [3.8, 4) is 6.07 Å². The minimum atomic E-state index is 0.400. The summed E-state index contributed by atoms with van der Waals surface area (Å²) >= 11 is 0. The van der Waals surface area contributed by atoms with E-state index in [1.54, 1.807) is 12.4 Å². The van der Waals surface area contributed by atoms with Crippen molar-refractivity contribution in [2.24, 2.45) is 0 Å². The van der Waals surface area contributed by atoms with Gasteiger partial charge in [-0.15, -0.1) is 0 Å². The van der Waals surface area contributed by atoms with E-state index in [-0.39, 0.29) is 0 Å². The van der Waals surface area contributed by atoms with E-state index < -0.39 is 0 Å². The first-order valence-corrected chi connectivity index (χ1v) is 5.38. The predicted octanol–water partition coefficient (Wildman–Crippen LogP) is 2.85. The van der Waals surface area contributed by atoms with Gasteiger partial charge in [-0.1, -0.05) is 18.2 Å². The summed E-state index contributed by atoms with van der Waals surface area (Å²) in [6, 6.07) is 12.0. The number of nitriles is 1. The summed E-state index contributed by atoms with van der Waals surface area (Å²) in [5, 5.41) is 10.9. The van der Waals surface area contributed by atoms with Gasteiger partial charge < -0.3 is 0 Å². The molecule has 3 aromatic rings. The summed E-state index contributed by atoms with van der Waals surface area (Å²) in [6.07, 6.45) is 3.90. The second-order valence-corrected chi connectivity index (χ2v) is 3.84. The van der Waals surface area contributed by atoms with Gasteiger partial charge in [-0.2, -0.15) is 5.26 Å². The molecule has 3 nitrogen and oxygen atoms in total. The van der Waals surface area contributed by atoms with Crippen LogP contribution in [0.5, 0.6) is 0 Å². The van der Waals surface area contributed by atoms with Gasteiger partial charge >= 0.3 is 0 Å². The Morgan fingerprint density at radius 1 is 1.00 bits per heavy atom. The van der Waals surface area contributed by atoms with E-state index in [0.717, 1.165) is 27.4 Å². The van der Waals surface area contributed by atoms with Crippen molar-refractivity contribution in [2.45, 2.75) is 6.42 Å². The van der Waals surface area contributed by atoms with Crippen LogP contribution in [0.1, 0.15) is 5.56 Å². The van der Waals surface area contributed by atoms with Gasteiger partial charge in [-0.3, -0.25) is 9.97 Å². The lowest BCUT2D eigenvalue weighted by Crippen LogP contribution is -1.89. The smallest absolute Gasteiger partial charge is 0.0967 e. The Morgan fingerprint density at radius 3 is 2.76 bits per heavy atom. The Bertz CT molecular complexity index is 741. The van der Waals surface area contributed by atoms with Crippen LogP contribution in [0.15, 0.2) is 42.7 Å². The molecule has 0 fully saturated rings. The summed E-state index contributed by atoms with van der Waals surface area (Å²) in [5.41, 5.74) is 2.77. The van der Waals surface area contributed by atoms with E-state index in [9.17, 15) is 0 Å². The fourth-order valence-corrected chi connectivity index (χ4v) is 2.05. The van der Waals surface area contributed by atoms with Crippen molar-refractivity contribution in [3.05, 3.63) is 48.3 Å². The summed E-state index contributed by atoms with van der Waals surface area (Å²) in [4.78, 5) is 8.75. The summed E-state index contributed by atoms with van der Waals surface area (Å²) in [6.45, 7) is 0. The Labute approximate surface area is 98.4 Å². The molecule has 0 amide bonds. The second-order valence-electron chi connectivity index (χ2n) is 3.84. The van der Waals surface area contributed by atoms with E-state index in [2.05, 4.69) is 16.0 Å². The third-order valence-electron chi connectivity index (χ3n) is 2.84. The molecule has 0 unspecified atom stereocenters. The minimum Gasteiger partial charge on any atom is -0.254 e. The molecule has 17 heavy (non-hydrogen) atoms. The predicted molar refractivity (Wildman–Crippen MR) is 66.4 cm³/mol. The average Bonchev–Trinajstić information content (AvgIpc) is 2.39. The number of aromatic nitrogens is 2. The molecule has 0 aliphatic heterocycles. The third kappa shape index (κ3) is 1.51. The molecule has 3 heteroatoms. The number of benzene rings is 1. The number of pyridine rings is 2. The molecule has 0 atom stereocenters. The van der Waals surface area contributed by atoms with Gasteiger partial charge in [-0.05, 0) is 17.7 Å². The average molecular weight is 219 g/mol. The van der Waals surface area contributed by atoms with Crippen molar-refractivity contribution in [1.29, 1.82) is 5.26 Å². The van der Waals surface area contributed by atoms with Gasteiger partial charge in [0.05, 0.1) is 23.5 Å². The van der Waals surface area contributed by atoms with E-state index in [0.29, 0.717) is 6.42 Å². The number of hydrogen-bond donors (Lipinski definition) is 0. The Kier molecular flexibility index (Phi) is 2.20. The quantitative estimate of drug-likeness (QED) is 0.591. The van der Waals surface area contributed by atoms with Crippen LogP contribution >= 0.6 is 0 Å². The van der Waals surface area contributed by atoms with Gasteiger partial charge in [0.1, 0.15) is 0 Å². The molecule has 80 valence electrons. The molecule has 0 radical (unpaired) electrons. The van der Waals surface area contributed by atoms with Crippen molar-refractivity contribution in [3.63, 3.8) is 0 Å². The van der Waals surface area contributed by atoms with Crippen LogP contribution in [-0.4, -0.2) is 9.97 Å². The molecule has 3 rings (SSSR count). The summed E-state index contributed by atoms with van der Waals surface area (Å²) in [7, 11) is 0. The zero-order valence-corrected chi connectivity index (χ0v) is 9.09. The molecule has 1 aromatic carbocycles. The number of fused-ring (bicyclic) bond motifs is 3. The fraction of sp³-hybridized carbons (Fsp3) is 0.0714. The van der Waals surface area contributed by atoms with Crippen LogP contribution in [0.3, 0.4) is 0 Å². The number of hydrogen-bond acceptors (Lipinski definition) is 3. The number of nitrogens with zero attached hydrogens (tertiary/aromatic N) is 3. The molecule has 0 spiro atoms. The summed E-state index contributed by atoms with van der Waals surface area (Å²) in [5.74, 6) is 0. The molecule has 0 aliphatic rings. The number of rotatable bonds is 1. The van der Waals surface area contributed by atoms with Crippen molar-refractivity contribution < 1.29 is 0 Å². The monoisotopic (exact) mass is 219 g/mol. The zero-order valence-electron chi connectivity index (χ0n) is 9.09. The standard InChI is InChI=1S/C14H9N3/c15-7-5-10-6-9-17-14-12(10)4-3-11-2-1-8-16-13(11)14/h1-4,6,8-9H,5H2. The lowest BCUT2D eigenvalue weighted by atomic mass is 10.0. The van der Waals surface area contributed by atoms with Crippen LogP contribution in [0.4, 0.5) is 0 Å². The highest BCUT2D eigenvalue weighted by molar-refractivity contribution is 6.03. The van der Waals surface area contributed by atoms with Gasteiger partial charge in [0, 0.05) is 23.2 Å². The van der Waals surface area contributed by atoms with Crippen LogP contribution in [0, 0.1) is 11.3 Å². The first-order valence-electron chi connectivity index (χ1n) is 5.38. The highest BCUT2D eigenvalue weighted by Gasteiger charge is 2.05. The maximum absolute atomic E-state index is 8.81. The van der Waals surface area contributed by atoms with Gasteiger partial charge in [0.2, 0.25) is 0 Å². The lowest BCUT2D eigenvalue weighted by Gasteiger charge is -2.04. The van der Waals surface area contributed by atoms with E-state index in [4.69, 9.17) is 5.26 Å². The van der Waals surface area contributed by atoms with Gasteiger partial charge in [-0.25, -0.2) is 0 Å². The van der Waals surface area contributed by atoms with Crippen LogP contribution in [0.2, 0.25) is 0 Å². The Balaban J connectivity index is 2.45. The van der Waals surface area contributed by atoms with Crippen LogP contribution < -0.4 is 0 Å². The van der Waals surface area contributed by atoms with Crippen molar-refractivity contribution in [1.82, 2.24) is 9.97 Å². The largest absolute Gasteiger partial charge is 0.254 e. The SMILES string of the molecule is N#CCc1ccnc2c1ccc1cccnc12.